The van der Waals surface area contributed by atoms with Gasteiger partial charge in [-0.25, -0.2) is 4.79 Å². The minimum absolute atomic E-state index is 0.423. The van der Waals surface area contributed by atoms with E-state index in [4.69, 9.17) is 16.3 Å². The van der Waals surface area contributed by atoms with Gasteiger partial charge in [-0.2, -0.15) is 0 Å². The molecule has 5 heteroatoms. The van der Waals surface area contributed by atoms with Crippen LogP contribution in [0.4, 0.5) is 0 Å². The lowest BCUT2D eigenvalue weighted by Gasteiger charge is -2.06. The maximum Gasteiger partial charge on any atom is 0.330 e. The van der Waals surface area contributed by atoms with Gasteiger partial charge in [0.15, 0.2) is 0 Å². The van der Waals surface area contributed by atoms with Gasteiger partial charge in [-0.05, 0) is 28.1 Å². The number of benzene rings is 1. The molecular formula is C11H10BrClO3. The molecule has 0 aromatic heterocycles. The Bertz CT molecular complexity index is 429. The van der Waals surface area contributed by atoms with Gasteiger partial charge in [0, 0.05) is 22.2 Å². The Morgan fingerprint density at radius 1 is 1.44 bits per heavy atom. The summed E-state index contributed by atoms with van der Waals surface area (Å²) in [7, 11) is 2.86. The summed E-state index contributed by atoms with van der Waals surface area (Å²) < 4.78 is 10.4. The van der Waals surface area contributed by atoms with E-state index >= 15 is 0 Å². The van der Waals surface area contributed by atoms with Crippen LogP contribution >= 0.6 is 27.5 Å². The molecule has 1 rings (SSSR count). The lowest BCUT2D eigenvalue weighted by molar-refractivity contribution is -0.134. The first-order chi connectivity index (χ1) is 7.58. The van der Waals surface area contributed by atoms with E-state index in [0.29, 0.717) is 10.8 Å². The van der Waals surface area contributed by atoms with Gasteiger partial charge in [0.05, 0.1) is 19.2 Å². The molecule has 0 atom stereocenters. The summed E-state index contributed by atoms with van der Waals surface area (Å²) in [5, 5.41) is 0.548. The highest BCUT2D eigenvalue weighted by Crippen LogP contribution is 2.31. The standard InChI is InChI=1S/C11H10BrClO3/c1-15-10-6-9(13)8(12)5-7(10)3-4-11(14)16-2/h3-6H,1-2H3/b4-3+. The van der Waals surface area contributed by atoms with Crippen molar-refractivity contribution >= 4 is 39.6 Å². The van der Waals surface area contributed by atoms with Crippen LogP contribution in [-0.4, -0.2) is 20.2 Å². The van der Waals surface area contributed by atoms with Gasteiger partial charge in [0.25, 0.3) is 0 Å². The monoisotopic (exact) mass is 304 g/mol. The van der Waals surface area contributed by atoms with Crippen LogP contribution in [0.3, 0.4) is 0 Å². The maximum absolute atomic E-state index is 10.9. The summed E-state index contributed by atoms with van der Waals surface area (Å²) in [4.78, 5) is 10.9. The van der Waals surface area contributed by atoms with Crippen LogP contribution in [0.5, 0.6) is 5.75 Å². The lowest BCUT2D eigenvalue weighted by atomic mass is 10.2. The van der Waals surface area contributed by atoms with E-state index in [-0.39, 0.29) is 0 Å². The molecule has 0 unspecified atom stereocenters. The number of rotatable bonds is 3. The van der Waals surface area contributed by atoms with Crippen molar-refractivity contribution in [3.63, 3.8) is 0 Å². The molecule has 1 aromatic rings. The Morgan fingerprint density at radius 3 is 2.69 bits per heavy atom. The van der Waals surface area contributed by atoms with Crippen LogP contribution in [0, 0.1) is 0 Å². The van der Waals surface area contributed by atoms with E-state index in [1.54, 1.807) is 18.2 Å². The third-order valence-electron chi connectivity index (χ3n) is 1.87. The average Bonchev–Trinajstić information content (AvgIpc) is 2.29. The maximum atomic E-state index is 10.9. The van der Waals surface area contributed by atoms with Gasteiger partial charge >= 0.3 is 5.97 Å². The van der Waals surface area contributed by atoms with Crippen molar-refractivity contribution in [2.75, 3.05) is 14.2 Å². The molecule has 0 aliphatic rings. The van der Waals surface area contributed by atoms with Gasteiger partial charge in [0.2, 0.25) is 0 Å². The first-order valence-electron chi connectivity index (χ1n) is 4.37. The molecule has 0 fully saturated rings. The van der Waals surface area contributed by atoms with E-state index in [1.165, 1.54) is 20.3 Å². The number of carbonyl (C=O) groups is 1. The van der Waals surface area contributed by atoms with Crippen molar-refractivity contribution < 1.29 is 14.3 Å². The second kappa shape index (κ2) is 5.92. The predicted octanol–water partition coefficient (Wildman–Crippen LogP) is 3.30. The molecule has 0 saturated heterocycles. The molecule has 0 aliphatic carbocycles. The van der Waals surface area contributed by atoms with Crippen LogP contribution in [0.1, 0.15) is 5.56 Å². The van der Waals surface area contributed by atoms with Crippen molar-refractivity contribution in [1.82, 2.24) is 0 Å². The highest BCUT2D eigenvalue weighted by molar-refractivity contribution is 9.10. The lowest BCUT2D eigenvalue weighted by Crippen LogP contribution is -1.94. The first-order valence-corrected chi connectivity index (χ1v) is 5.54. The van der Waals surface area contributed by atoms with E-state index in [2.05, 4.69) is 20.7 Å². The zero-order chi connectivity index (χ0) is 12.1. The smallest absolute Gasteiger partial charge is 0.330 e. The normalized spacial score (nSPS) is 10.5. The van der Waals surface area contributed by atoms with Gasteiger partial charge in [-0.1, -0.05) is 11.6 Å². The average molecular weight is 306 g/mol. The number of ether oxygens (including phenoxy) is 2. The molecule has 86 valence electrons. The van der Waals surface area contributed by atoms with E-state index in [1.807, 2.05) is 0 Å². The number of halogens is 2. The number of hydrogen-bond donors (Lipinski definition) is 0. The second-order valence-corrected chi connectivity index (χ2v) is 4.13. The topological polar surface area (TPSA) is 35.5 Å². The van der Waals surface area contributed by atoms with Crippen LogP contribution in [-0.2, 0) is 9.53 Å². The van der Waals surface area contributed by atoms with Gasteiger partial charge < -0.3 is 9.47 Å². The molecular weight excluding hydrogens is 295 g/mol. The van der Waals surface area contributed by atoms with Gasteiger partial charge in [-0.15, -0.1) is 0 Å². The fourth-order valence-electron chi connectivity index (χ4n) is 1.08. The molecule has 1 aromatic carbocycles. The zero-order valence-corrected chi connectivity index (χ0v) is 11.1. The predicted molar refractivity (Wildman–Crippen MR) is 66.8 cm³/mol. The Labute approximate surface area is 107 Å². The van der Waals surface area contributed by atoms with E-state index in [9.17, 15) is 4.79 Å². The summed E-state index contributed by atoms with van der Waals surface area (Å²) in [6.07, 6.45) is 2.92. The van der Waals surface area contributed by atoms with Crippen LogP contribution in [0.25, 0.3) is 6.08 Å². The molecule has 3 nitrogen and oxygen atoms in total. The summed E-state index contributed by atoms with van der Waals surface area (Å²) >= 11 is 9.21. The SMILES string of the molecule is COC(=O)/C=C/c1cc(Br)c(Cl)cc1OC. The molecule has 0 aliphatic heterocycles. The van der Waals surface area contributed by atoms with Crippen molar-refractivity contribution in [3.8, 4) is 5.75 Å². The Morgan fingerprint density at radius 2 is 2.12 bits per heavy atom. The van der Waals surface area contributed by atoms with Crippen LogP contribution in [0.15, 0.2) is 22.7 Å². The summed E-state index contributed by atoms with van der Waals surface area (Å²) in [6.45, 7) is 0. The summed E-state index contributed by atoms with van der Waals surface area (Å²) in [5.74, 6) is 0.168. The largest absolute Gasteiger partial charge is 0.496 e. The van der Waals surface area contributed by atoms with Gasteiger partial charge in [0.1, 0.15) is 5.75 Å². The highest BCUT2D eigenvalue weighted by Gasteiger charge is 2.05. The number of hydrogen-bond acceptors (Lipinski definition) is 3. The fraction of sp³-hybridized carbons (Fsp3) is 0.182. The Hall–Kier alpha value is -1.00. The van der Waals surface area contributed by atoms with Crippen molar-refractivity contribution in [2.24, 2.45) is 0 Å². The molecule has 16 heavy (non-hydrogen) atoms. The Balaban J connectivity index is 3.07. The molecule has 0 radical (unpaired) electrons. The van der Waals surface area contributed by atoms with Crippen molar-refractivity contribution in [2.45, 2.75) is 0 Å². The quantitative estimate of drug-likeness (QED) is 0.635. The number of carbonyl (C=O) groups excluding carboxylic acids is 1. The molecule has 0 saturated carbocycles. The molecule has 0 N–H and O–H groups in total. The van der Waals surface area contributed by atoms with Crippen molar-refractivity contribution in [1.29, 1.82) is 0 Å². The van der Waals surface area contributed by atoms with Crippen molar-refractivity contribution in [3.05, 3.63) is 33.3 Å². The number of methoxy groups -OCH3 is 2. The molecule has 0 heterocycles. The zero-order valence-electron chi connectivity index (χ0n) is 8.79. The third kappa shape index (κ3) is 3.25. The molecule has 0 amide bonds. The summed E-state index contributed by atoms with van der Waals surface area (Å²) in [5.41, 5.74) is 0.740. The molecule has 0 spiro atoms. The number of esters is 1. The second-order valence-electron chi connectivity index (χ2n) is 2.86. The fourth-order valence-corrected chi connectivity index (χ4v) is 1.59. The minimum atomic E-state index is -0.423. The van der Waals surface area contributed by atoms with E-state index in [0.717, 1.165) is 10.0 Å². The third-order valence-corrected chi connectivity index (χ3v) is 3.07. The summed E-state index contributed by atoms with van der Waals surface area (Å²) in [6, 6.07) is 3.43. The van der Waals surface area contributed by atoms with E-state index < -0.39 is 5.97 Å². The van der Waals surface area contributed by atoms with Crippen LogP contribution < -0.4 is 4.74 Å². The highest BCUT2D eigenvalue weighted by atomic mass is 79.9. The van der Waals surface area contributed by atoms with Crippen LogP contribution in [0.2, 0.25) is 5.02 Å². The van der Waals surface area contributed by atoms with Gasteiger partial charge in [-0.3, -0.25) is 0 Å². The molecule has 0 bridgehead atoms. The Kier molecular flexibility index (Phi) is 4.83. The minimum Gasteiger partial charge on any atom is -0.496 e. The first kappa shape index (κ1) is 13.1.